The lowest BCUT2D eigenvalue weighted by molar-refractivity contribution is -0.143. The van der Waals surface area contributed by atoms with E-state index in [4.69, 9.17) is 27.4 Å². The molecule has 6 atom stereocenters. The molecule has 1 heterocycles. The van der Waals surface area contributed by atoms with Gasteiger partial charge in [0.05, 0.1) is 6.04 Å². The second kappa shape index (κ2) is 23.7. The molecule has 55 heavy (non-hydrogen) atoms. The number of hydrogen-bond donors (Lipinski definition) is 10. The lowest BCUT2D eigenvalue weighted by Gasteiger charge is -2.31. The Morgan fingerprint density at radius 2 is 1.36 bits per heavy atom. The van der Waals surface area contributed by atoms with Gasteiger partial charge in [-0.05, 0) is 62.7 Å². The van der Waals surface area contributed by atoms with Crippen LogP contribution in [0.2, 0.25) is 0 Å². The van der Waals surface area contributed by atoms with E-state index in [1.807, 2.05) is 13.8 Å². The van der Waals surface area contributed by atoms with E-state index in [1.54, 1.807) is 27.7 Å². The largest absolute Gasteiger partial charge is 0.481 e. The Kier molecular flexibility index (Phi) is 20.7. The molecular weight excluding hydrogens is 720 g/mol. The van der Waals surface area contributed by atoms with Gasteiger partial charge in [-0.3, -0.25) is 43.3 Å². The number of carboxylic acid groups (broad SMARTS) is 2. The van der Waals surface area contributed by atoms with Gasteiger partial charge in [0.15, 0.2) is 5.96 Å². The van der Waals surface area contributed by atoms with Crippen molar-refractivity contribution >= 4 is 53.3 Å². The van der Waals surface area contributed by atoms with Crippen LogP contribution in [-0.2, 0) is 38.4 Å². The Balaban J connectivity index is 3.29. The molecule has 0 spiro atoms. The number of carbonyl (C=O) groups is 8. The molecule has 20 nitrogen and oxygen atoms in total. The Labute approximate surface area is 321 Å². The van der Waals surface area contributed by atoms with Crippen molar-refractivity contribution in [3.63, 3.8) is 0 Å². The second-order valence-electron chi connectivity index (χ2n) is 15.0. The summed E-state index contributed by atoms with van der Waals surface area (Å²) in [5.41, 5.74) is 17.0. The lowest BCUT2D eigenvalue weighted by atomic mass is 9.99. The number of likely N-dealkylation sites (tertiary alicyclic amines) is 1. The van der Waals surface area contributed by atoms with E-state index in [1.165, 1.54) is 4.90 Å². The monoisotopic (exact) mass is 782 g/mol. The van der Waals surface area contributed by atoms with Crippen LogP contribution in [0, 0.1) is 17.8 Å². The van der Waals surface area contributed by atoms with E-state index in [0.29, 0.717) is 12.8 Å². The van der Waals surface area contributed by atoms with Crippen LogP contribution in [0.25, 0.3) is 0 Å². The van der Waals surface area contributed by atoms with Gasteiger partial charge >= 0.3 is 11.9 Å². The fourth-order valence-corrected chi connectivity index (χ4v) is 6.00. The Morgan fingerprint density at radius 1 is 0.745 bits per heavy atom. The zero-order chi connectivity index (χ0) is 42.0. The molecule has 1 saturated heterocycles. The van der Waals surface area contributed by atoms with E-state index in [-0.39, 0.29) is 68.9 Å². The van der Waals surface area contributed by atoms with Crippen molar-refractivity contribution in [2.45, 2.75) is 129 Å². The van der Waals surface area contributed by atoms with Crippen molar-refractivity contribution in [1.29, 1.82) is 0 Å². The number of amides is 6. The molecule has 1 aliphatic heterocycles. The number of guanidine groups is 1. The van der Waals surface area contributed by atoms with Crippen LogP contribution >= 0.6 is 0 Å². The maximum atomic E-state index is 14.1. The van der Waals surface area contributed by atoms with Crippen molar-refractivity contribution in [3.05, 3.63) is 0 Å². The molecule has 0 bridgehead atoms. The van der Waals surface area contributed by atoms with Gasteiger partial charge in [-0.1, -0.05) is 41.5 Å². The van der Waals surface area contributed by atoms with E-state index in [9.17, 15) is 38.4 Å². The van der Waals surface area contributed by atoms with Crippen LogP contribution < -0.4 is 43.8 Å². The zero-order valence-corrected chi connectivity index (χ0v) is 32.8. The minimum atomic E-state index is -1.41. The number of hydrogen-bond acceptors (Lipinski definition) is 10. The molecular formula is C35H62N10O10. The number of nitrogens with two attached hydrogens (primary N) is 3. The fourth-order valence-electron chi connectivity index (χ4n) is 6.00. The molecule has 1 rings (SSSR count). The van der Waals surface area contributed by atoms with Gasteiger partial charge in [-0.25, -0.2) is 0 Å². The van der Waals surface area contributed by atoms with Crippen LogP contribution in [0.4, 0.5) is 0 Å². The summed E-state index contributed by atoms with van der Waals surface area (Å²) in [6, 6.07) is -6.68. The lowest BCUT2D eigenvalue weighted by Crippen LogP contribution is -2.60. The predicted octanol–water partition coefficient (Wildman–Crippen LogP) is -1.89. The molecule has 312 valence electrons. The number of nitrogens with zero attached hydrogens (tertiary/aromatic N) is 2. The number of aliphatic imine (C=N–C) groups is 1. The molecule has 0 aromatic heterocycles. The highest BCUT2D eigenvalue weighted by molar-refractivity contribution is 5.97. The third-order valence-electron chi connectivity index (χ3n) is 8.74. The third-order valence-corrected chi connectivity index (χ3v) is 8.74. The fraction of sp³-hybridized carbons (Fsp3) is 0.743. The van der Waals surface area contributed by atoms with Crippen molar-refractivity contribution < 1.29 is 48.6 Å². The molecule has 6 amide bonds. The topological polar surface area (TPSA) is 331 Å². The zero-order valence-electron chi connectivity index (χ0n) is 32.8. The van der Waals surface area contributed by atoms with E-state index < -0.39 is 96.6 Å². The minimum absolute atomic E-state index is 0.0812. The van der Waals surface area contributed by atoms with Gasteiger partial charge in [0, 0.05) is 19.5 Å². The minimum Gasteiger partial charge on any atom is -0.481 e. The van der Waals surface area contributed by atoms with Gasteiger partial charge in [-0.2, -0.15) is 0 Å². The Morgan fingerprint density at radius 3 is 1.91 bits per heavy atom. The summed E-state index contributed by atoms with van der Waals surface area (Å²) in [6.45, 7) is 10.4. The Hall–Kier alpha value is -5.01. The number of carboxylic acids is 2. The highest BCUT2D eigenvalue weighted by atomic mass is 16.4. The molecule has 0 aromatic carbocycles. The van der Waals surface area contributed by atoms with Gasteiger partial charge < -0.3 is 58.9 Å². The van der Waals surface area contributed by atoms with Gasteiger partial charge in [-0.15, -0.1) is 0 Å². The first-order chi connectivity index (χ1) is 25.6. The third kappa shape index (κ3) is 17.8. The SMILES string of the molecule is CC(C)C[C@H](NC(=O)[C@@H]1CCCN1C(=O)[C@H](CCCN=C(N)N)NC(=O)[C@@H](NC(=O)[C@@H](N)CC(C)C)C(C)C)C(=O)N[C@@H](CCC(=O)O)C(=O)NCC(=O)O. The number of rotatable bonds is 24. The Bertz CT molecular complexity index is 1390. The molecule has 1 fully saturated rings. The van der Waals surface area contributed by atoms with Crippen LogP contribution in [0.1, 0.15) is 92.9 Å². The standard InChI is InChI=1S/C35H62N10O10/c1-18(2)15-21(36)29(50)44-28(20(5)6)33(54)42-23(9-7-13-39-35(37)38)34(55)45-14-8-10-25(45)32(53)43-24(16-19(3)4)31(52)41-22(11-12-26(46)47)30(51)40-17-27(48)49/h18-25,28H,7-17,36H2,1-6H3,(H,40,51)(H,41,52)(H,42,54)(H,43,53)(H,44,50)(H,46,47)(H,48,49)(H4,37,38,39)/t21-,22-,23-,24-,25-,28-/m0/s1. The number of carbonyl (C=O) groups excluding carboxylic acids is 6. The highest BCUT2D eigenvalue weighted by Gasteiger charge is 2.40. The van der Waals surface area contributed by atoms with Crippen molar-refractivity contribution in [2.24, 2.45) is 39.9 Å². The van der Waals surface area contributed by atoms with E-state index in [2.05, 4.69) is 31.6 Å². The highest BCUT2D eigenvalue weighted by Crippen LogP contribution is 2.21. The van der Waals surface area contributed by atoms with Gasteiger partial charge in [0.1, 0.15) is 36.8 Å². The predicted molar refractivity (Wildman–Crippen MR) is 202 cm³/mol. The molecule has 0 saturated carbocycles. The molecule has 0 aromatic rings. The normalized spacial score (nSPS) is 16.7. The molecule has 0 unspecified atom stereocenters. The second-order valence-corrected chi connectivity index (χ2v) is 15.0. The summed E-state index contributed by atoms with van der Waals surface area (Å²) in [6.07, 6.45) is 0.670. The van der Waals surface area contributed by atoms with Gasteiger partial charge in [0.25, 0.3) is 0 Å². The van der Waals surface area contributed by atoms with E-state index in [0.717, 1.165) is 0 Å². The maximum absolute atomic E-state index is 14.1. The van der Waals surface area contributed by atoms with Crippen molar-refractivity contribution in [3.8, 4) is 0 Å². The molecule has 13 N–H and O–H groups in total. The van der Waals surface area contributed by atoms with Crippen LogP contribution in [-0.4, -0.2) is 124 Å². The first kappa shape index (κ1) is 48.0. The van der Waals surface area contributed by atoms with Crippen molar-refractivity contribution in [1.82, 2.24) is 31.5 Å². The van der Waals surface area contributed by atoms with Crippen LogP contribution in [0.5, 0.6) is 0 Å². The summed E-state index contributed by atoms with van der Waals surface area (Å²) in [5.74, 6) is -7.23. The number of nitrogens with one attached hydrogen (secondary N) is 5. The molecule has 1 aliphatic rings. The van der Waals surface area contributed by atoms with Crippen LogP contribution in [0.15, 0.2) is 4.99 Å². The summed E-state index contributed by atoms with van der Waals surface area (Å²) in [5, 5.41) is 30.8. The summed E-state index contributed by atoms with van der Waals surface area (Å²) in [4.78, 5) is 108. The first-order valence-corrected chi connectivity index (χ1v) is 18.7. The molecule has 0 radical (unpaired) electrons. The average Bonchev–Trinajstić information content (AvgIpc) is 3.57. The molecule has 20 heteroatoms. The van der Waals surface area contributed by atoms with Crippen molar-refractivity contribution in [2.75, 3.05) is 19.6 Å². The quantitative estimate of drug-likeness (QED) is 0.0291. The molecule has 0 aliphatic carbocycles. The maximum Gasteiger partial charge on any atom is 0.322 e. The van der Waals surface area contributed by atoms with E-state index >= 15 is 0 Å². The summed E-state index contributed by atoms with van der Waals surface area (Å²) in [7, 11) is 0. The van der Waals surface area contributed by atoms with Gasteiger partial charge in [0.2, 0.25) is 35.4 Å². The van der Waals surface area contributed by atoms with Crippen LogP contribution in [0.3, 0.4) is 0 Å². The summed E-state index contributed by atoms with van der Waals surface area (Å²) >= 11 is 0. The first-order valence-electron chi connectivity index (χ1n) is 18.7. The smallest absolute Gasteiger partial charge is 0.322 e. The average molecular weight is 783 g/mol. The summed E-state index contributed by atoms with van der Waals surface area (Å²) < 4.78 is 0. The number of aliphatic carboxylic acids is 2.